The maximum absolute atomic E-state index is 12.5. The number of nitrogens with two attached hydrogens (primary N) is 1. The van der Waals surface area contributed by atoms with Crippen molar-refractivity contribution in [1.82, 2.24) is 14.9 Å². The van der Waals surface area contributed by atoms with E-state index in [0.717, 1.165) is 19.3 Å². The van der Waals surface area contributed by atoms with Crippen LogP contribution >= 0.6 is 12.2 Å². The van der Waals surface area contributed by atoms with Gasteiger partial charge in [0.2, 0.25) is 0 Å². The van der Waals surface area contributed by atoms with Crippen LogP contribution in [0.15, 0.2) is 9.59 Å². The Labute approximate surface area is 160 Å². The van der Waals surface area contributed by atoms with Crippen molar-refractivity contribution >= 4 is 28.8 Å². The van der Waals surface area contributed by atoms with Crippen LogP contribution in [-0.4, -0.2) is 27.3 Å². The predicted molar refractivity (Wildman–Crippen MR) is 111 cm³/mol. The molecule has 0 aromatic carbocycles. The van der Waals surface area contributed by atoms with Crippen molar-refractivity contribution in [1.29, 1.82) is 0 Å². The van der Waals surface area contributed by atoms with Gasteiger partial charge in [0.05, 0.1) is 0 Å². The SMILES string of the molecule is CCCCn1c(N)c(N(CC)C(=S)N[C@@H]2CCCC[C@@H]2C)c(=O)[nH]c1=O. The van der Waals surface area contributed by atoms with E-state index in [9.17, 15) is 9.59 Å². The molecule has 4 N–H and O–H groups in total. The minimum Gasteiger partial charge on any atom is -0.383 e. The highest BCUT2D eigenvalue weighted by Crippen LogP contribution is 2.24. The Balaban J connectivity index is 2.32. The standard InChI is InChI=1S/C18H31N5O2S/c1-4-6-11-23-15(19)14(16(24)21-17(23)25)22(5-2)18(26)20-13-10-8-7-9-12(13)3/h12-13H,4-11,19H2,1-3H3,(H,20,26)(H,21,24,25)/t12-,13+/m0/s1. The van der Waals surface area contributed by atoms with Crippen LogP contribution < -0.4 is 27.2 Å². The molecule has 0 aliphatic heterocycles. The lowest BCUT2D eigenvalue weighted by molar-refractivity contribution is 0.309. The number of thiocarbonyl (C=S) groups is 1. The Kier molecular flexibility index (Phi) is 7.25. The number of anilines is 2. The minimum atomic E-state index is -0.497. The van der Waals surface area contributed by atoms with Gasteiger partial charge in [-0.1, -0.05) is 33.1 Å². The molecular formula is C18H31N5O2S. The summed E-state index contributed by atoms with van der Waals surface area (Å²) >= 11 is 5.59. The number of nitrogen functional groups attached to an aromatic ring is 1. The van der Waals surface area contributed by atoms with Crippen molar-refractivity contribution in [3.8, 4) is 0 Å². The Morgan fingerprint density at radius 1 is 1.35 bits per heavy atom. The van der Waals surface area contributed by atoms with Gasteiger partial charge in [-0.2, -0.15) is 0 Å². The highest BCUT2D eigenvalue weighted by molar-refractivity contribution is 7.80. The molecule has 1 aromatic rings. The molecule has 1 aliphatic carbocycles. The van der Waals surface area contributed by atoms with Crippen molar-refractivity contribution in [3.63, 3.8) is 0 Å². The van der Waals surface area contributed by atoms with Crippen LogP contribution in [0.2, 0.25) is 0 Å². The molecule has 2 atom stereocenters. The zero-order valence-electron chi connectivity index (χ0n) is 16.0. The first-order valence-electron chi connectivity index (χ1n) is 9.61. The van der Waals surface area contributed by atoms with E-state index < -0.39 is 11.2 Å². The Bertz CT molecular complexity index is 742. The highest BCUT2D eigenvalue weighted by atomic mass is 32.1. The lowest BCUT2D eigenvalue weighted by Crippen LogP contribution is -2.50. The summed E-state index contributed by atoms with van der Waals surface area (Å²) in [7, 11) is 0. The van der Waals surface area contributed by atoms with Crippen molar-refractivity contribution < 1.29 is 0 Å². The number of unbranched alkanes of at least 4 members (excludes halogenated alkanes) is 1. The molecule has 0 spiro atoms. The van der Waals surface area contributed by atoms with Crippen molar-refractivity contribution in [2.24, 2.45) is 5.92 Å². The van der Waals surface area contributed by atoms with Gasteiger partial charge in [0, 0.05) is 19.1 Å². The molecule has 0 radical (unpaired) electrons. The normalized spacial score (nSPS) is 20.0. The molecule has 0 amide bonds. The number of aromatic nitrogens is 2. The third kappa shape index (κ3) is 4.47. The van der Waals surface area contributed by atoms with Gasteiger partial charge >= 0.3 is 5.69 Å². The summed E-state index contributed by atoms with van der Waals surface area (Å²) in [5.74, 6) is 0.712. The molecule has 1 heterocycles. The van der Waals surface area contributed by atoms with Gasteiger partial charge in [0.25, 0.3) is 5.56 Å². The number of aromatic amines is 1. The number of nitrogens with zero attached hydrogens (tertiary/aromatic N) is 2. The van der Waals surface area contributed by atoms with Crippen LogP contribution in [0.3, 0.4) is 0 Å². The third-order valence-corrected chi connectivity index (χ3v) is 5.54. The van der Waals surface area contributed by atoms with E-state index in [4.69, 9.17) is 18.0 Å². The van der Waals surface area contributed by atoms with E-state index in [1.54, 1.807) is 4.90 Å². The molecule has 1 aliphatic rings. The van der Waals surface area contributed by atoms with Crippen LogP contribution in [-0.2, 0) is 6.54 Å². The Morgan fingerprint density at radius 3 is 2.65 bits per heavy atom. The van der Waals surface area contributed by atoms with Crippen LogP contribution in [0.25, 0.3) is 0 Å². The van der Waals surface area contributed by atoms with Crippen molar-refractivity contribution in [3.05, 3.63) is 20.8 Å². The van der Waals surface area contributed by atoms with Crippen LogP contribution in [0.1, 0.15) is 59.3 Å². The van der Waals surface area contributed by atoms with E-state index in [2.05, 4.69) is 17.2 Å². The van der Waals surface area contributed by atoms with E-state index in [1.165, 1.54) is 23.8 Å². The molecule has 1 saturated carbocycles. The number of rotatable bonds is 6. The number of hydrogen-bond acceptors (Lipinski definition) is 4. The summed E-state index contributed by atoms with van der Waals surface area (Å²) in [5.41, 5.74) is 5.50. The molecular weight excluding hydrogens is 350 g/mol. The summed E-state index contributed by atoms with van der Waals surface area (Å²) in [6, 6.07) is 0.302. The number of hydrogen-bond donors (Lipinski definition) is 3. The van der Waals surface area contributed by atoms with Gasteiger partial charge in [-0.15, -0.1) is 0 Å². The molecule has 8 heteroatoms. The van der Waals surface area contributed by atoms with Gasteiger partial charge < -0.3 is 16.0 Å². The fraction of sp³-hybridized carbons (Fsp3) is 0.722. The first-order chi connectivity index (χ1) is 12.4. The maximum Gasteiger partial charge on any atom is 0.330 e. The molecule has 7 nitrogen and oxygen atoms in total. The van der Waals surface area contributed by atoms with Crippen LogP contribution in [0.5, 0.6) is 0 Å². The molecule has 0 saturated heterocycles. The van der Waals surface area contributed by atoms with E-state index in [0.29, 0.717) is 30.2 Å². The molecule has 1 fully saturated rings. The molecule has 0 bridgehead atoms. The second-order valence-corrected chi connectivity index (χ2v) is 7.45. The second-order valence-electron chi connectivity index (χ2n) is 7.06. The smallest absolute Gasteiger partial charge is 0.330 e. The second kappa shape index (κ2) is 9.21. The van der Waals surface area contributed by atoms with Gasteiger partial charge in [0.15, 0.2) is 10.8 Å². The van der Waals surface area contributed by atoms with Crippen LogP contribution in [0, 0.1) is 5.92 Å². The van der Waals surface area contributed by atoms with Crippen molar-refractivity contribution in [2.45, 2.75) is 71.9 Å². The van der Waals surface area contributed by atoms with Gasteiger partial charge in [-0.05, 0) is 44.3 Å². The Morgan fingerprint density at radius 2 is 2.04 bits per heavy atom. The zero-order chi connectivity index (χ0) is 19.3. The molecule has 2 rings (SSSR count). The quantitative estimate of drug-likeness (QED) is 0.654. The zero-order valence-corrected chi connectivity index (χ0v) is 16.8. The summed E-state index contributed by atoms with van der Waals surface area (Å²) in [6.07, 6.45) is 6.42. The monoisotopic (exact) mass is 381 g/mol. The highest BCUT2D eigenvalue weighted by Gasteiger charge is 2.26. The lowest BCUT2D eigenvalue weighted by Gasteiger charge is -2.34. The third-order valence-electron chi connectivity index (χ3n) is 5.20. The average molecular weight is 382 g/mol. The fourth-order valence-corrected chi connectivity index (χ4v) is 3.92. The summed E-state index contributed by atoms with van der Waals surface area (Å²) in [6.45, 7) is 7.14. The van der Waals surface area contributed by atoms with Crippen molar-refractivity contribution in [2.75, 3.05) is 17.2 Å². The van der Waals surface area contributed by atoms with E-state index >= 15 is 0 Å². The van der Waals surface area contributed by atoms with Gasteiger partial charge in [0.1, 0.15) is 5.82 Å². The molecule has 0 unspecified atom stereocenters. The molecule has 26 heavy (non-hydrogen) atoms. The number of nitrogens with one attached hydrogen (secondary N) is 2. The molecule has 146 valence electrons. The first kappa shape index (κ1) is 20.5. The van der Waals surface area contributed by atoms with Crippen LogP contribution in [0.4, 0.5) is 11.5 Å². The Hall–Kier alpha value is -1.83. The van der Waals surface area contributed by atoms with E-state index in [-0.39, 0.29) is 11.5 Å². The predicted octanol–water partition coefficient (Wildman–Crippen LogP) is 2.20. The topological polar surface area (TPSA) is 96.2 Å². The minimum absolute atomic E-state index is 0.176. The summed E-state index contributed by atoms with van der Waals surface area (Å²) in [5, 5.41) is 3.90. The summed E-state index contributed by atoms with van der Waals surface area (Å²) in [4.78, 5) is 28.7. The first-order valence-corrected chi connectivity index (χ1v) is 10.0. The lowest BCUT2D eigenvalue weighted by atomic mass is 9.86. The maximum atomic E-state index is 12.5. The average Bonchev–Trinajstić information content (AvgIpc) is 2.60. The molecule has 1 aromatic heterocycles. The fourth-order valence-electron chi connectivity index (χ4n) is 3.55. The summed E-state index contributed by atoms with van der Waals surface area (Å²) < 4.78 is 1.43. The largest absolute Gasteiger partial charge is 0.383 e. The number of H-pyrrole nitrogens is 1. The van der Waals surface area contributed by atoms with Gasteiger partial charge in [-0.25, -0.2) is 4.79 Å². The van der Waals surface area contributed by atoms with E-state index in [1.807, 2.05) is 13.8 Å². The van der Waals surface area contributed by atoms with Gasteiger partial charge in [-0.3, -0.25) is 14.3 Å².